The SMILES string of the molecule is Cc1cn([C@H]2C[C@H](OCOCCCCCCCCCCN=[N+]=[N-])[C@@H](COC(=O)c3ccccc3)O2)c(=O)[nH]c1=O. The number of benzene rings is 1. The van der Waals surface area contributed by atoms with Crippen LogP contribution in [0.4, 0.5) is 0 Å². The molecule has 1 aliphatic heterocycles. The number of hydrogen-bond acceptors (Lipinski definition) is 8. The average molecular weight is 558 g/mol. The zero-order valence-corrected chi connectivity index (χ0v) is 23.0. The van der Waals surface area contributed by atoms with Crippen molar-refractivity contribution in [2.24, 2.45) is 5.11 Å². The van der Waals surface area contributed by atoms with E-state index in [1.54, 1.807) is 31.2 Å². The van der Waals surface area contributed by atoms with Crippen LogP contribution in [0.25, 0.3) is 10.4 Å². The first kappa shape index (κ1) is 31.1. The van der Waals surface area contributed by atoms with E-state index < -0.39 is 35.7 Å². The van der Waals surface area contributed by atoms with Gasteiger partial charge >= 0.3 is 11.7 Å². The van der Waals surface area contributed by atoms with Gasteiger partial charge in [0.05, 0.1) is 11.7 Å². The van der Waals surface area contributed by atoms with Gasteiger partial charge in [-0.3, -0.25) is 14.3 Å². The Kier molecular flexibility index (Phi) is 13.4. The highest BCUT2D eigenvalue weighted by atomic mass is 16.7. The third kappa shape index (κ3) is 10.3. The number of esters is 1. The summed E-state index contributed by atoms with van der Waals surface area (Å²) in [5.74, 6) is -0.479. The molecule has 1 fully saturated rings. The first-order valence-corrected chi connectivity index (χ1v) is 13.9. The van der Waals surface area contributed by atoms with Crippen LogP contribution in [0.3, 0.4) is 0 Å². The van der Waals surface area contributed by atoms with E-state index in [4.69, 9.17) is 24.5 Å². The summed E-state index contributed by atoms with van der Waals surface area (Å²) < 4.78 is 24.5. The molecule has 0 aliphatic carbocycles. The Bertz CT molecular complexity index is 1210. The molecule has 12 heteroatoms. The number of aryl methyl sites for hydroxylation is 1. The van der Waals surface area contributed by atoms with Crippen LogP contribution in [0.15, 0.2) is 51.2 Å². The Hall–Kier alpha value is -3.44. The molecule has 1 aromatic heterocycles. The van der Waals surface area contributed by atoms with Gasteiger partial charge in [-0.1, -0.05) is 61.8 Å². The first-order chi connectivity index (χ1) is 19.5. The smallest absolute Gasteiger partial charge is 0.338 e. The Balaban J connectivity index is 1.41. The predicted molar refractivity (Wildman–Crippen MR) is 148 cm³/mol. The van der Waals surface area contributed by atoms with Crippen LogP contribution >= 0.6 is 0 Å². The van der Waals surface area contributed by atoms with Gasteiger partial charge in [0.2, 0.25) is 0 Å². The number of carbonyl (C=O) groups is 1. The highest BCUT2D eigenvalue weighted by molar-refractivity contribution is 5.89. The molecule has 218 valence electrons. The molecule has 3 rings (SSSR count). The largest absolute Gasteiger partial charge is 0.459 e. The molecule has 3 atom stereocenters. The number of nitrogens with one attached hydrogen (secondary N) is 1. The molecule has 0 saturated carbocycles. The van der Waals surface area contributed by atoms with E-state index in [1.165, 1.54) is 23.6 Å². The monoisotopic (exact) mass is 557 g/mol. The molecule has 0 spiro atoms. The number of aromatic amines is 1. The number of carbonyl (C=O) groups excluding carboxylic acids is 1. The quantitative estimate of drug-likeness (QED) is 0.0690. The van der Waals surface area contributed by atoms with Crippen molar-refractivity contribution < 1.29 is 23.7 Å². The minimum absolute atomic E-state index is 0.0502. The van der Waals surface area contributed by atoms with Gasteiger partial charge in [0.15, 0.2) is 0 Å². The molecular weight excluding hydrogens is 518 g/mol. The van der Waals surface area contributed by atoms with Gasteiger partial charge in [-0.05, 0) is 37.4 Å². The van der Waals surface area contributed by atoms with E-state index in [9.17, 15) is 14.4 Å². The highest BCUT2D eigenvalue weighted by Crippen LogP contribution is 2.30. The second-order valence-corrected chi connectivity index (χ2v) is 9.82. The van der Waals surface area contributed by atoms with Crippen molar-refractivity contribution in [3.8, 4) is 0 Å². The topological polar surface area (TPSA) is 158 Å². The van der Waals surface area contributed by atoms with Gasteiger partial charge in [0.1, 0.15) is 25.7 Å². The normalized spacial score (nSPS) is 18.4. The zero-order chi connectivity index (χ0) is 28.6. The third-order valence-corrected chi connectivity index (χ3v) is 6.75. The van der Waals surface area contributed by atoms with Crippen molar-refractivity contribution in [1.82, 2.24) is 9.55 Å². The number of unbranched alkanes of at least 4 members (excludes halogenated alkanes) is 7. The number of azide groups is 1. The van der Waals surface area contributed by atoms with Gasteiger partial charge in [-0.15, -0.1) is 0 Å². The van der Waals surface area contributed by atoms with E-state index in [2.05, 4.69) is 15.0 Å². The van der Waals surface area contributed by atoms with Crippen LogP contribution in [-0.4, -0.2) is 54.3 Å². The van der Waals surface area contributed by atoms with Crippen molar-refractivity contribution in [3.05, 3.63) is 78.9 Å². The fourth-order valence-electron chi connectivity index (χ4n) is 4.50. The highest BCUT2D eigenvalue weighted by Gasteiger charge is 2.38. The summed E-state index contributed by atoms with van der Waals surface area (Å²) in [6.45, 7) is 2.75. The van der Waals surface area contributed by atoms with Crippen LogP contribution in [0.5, 0.6) is 0 Å². The Morgan fingerprint density at radius 3 is 2.52 bits per heavy atom. The Morgan fingerprint density at radius 2 is 1.80 bits per heavy atom. The number of H-pyrrole nitrogens is 1. The van der Waals surface area contributed by atoms with Crippen LogP contribution in [0.1, 0.15) is 79.9 Å². The number of rotatable bonds is 18. The van der Waals surface area contributed by atoms with Gasteiger partial charge < -0.3 is 18.9 Å². The molecule has 1 N–H and O–H groups in total. The van der Waals surface area contributed by atoms with Crippen LogP contribution in [-0.2, 0) is 18.9 Å². The van der Waals surface area contributed by atoms with Gasteiger partial charge in [-0.2, -0.15) is 0 Å². The Morgan fingerprint density at radius 1 is 1.10 bits per heavy atom. The summed E-state index contributed by atoms with van der Waals surface area (Å²) in [5.41, 5.74) is 8.05. The number of nitrogens with zero attached hydrogens (tertiary/aromatic N) is 4. The van der Waals surface area contributed by atoms with Crippen LogP contribution in [0.2, 0.25) is 0 Å². The van der Waals surface area contributed by atoms with Crippen molar-refractivity contribution in [3.63, 3.8) is 0 Å². The molecule has 1 aliphatic rings. The second-order valence-electron chi connectivity index (χ2n) is 9.82. The maximum absolute atomic E-state index is 12.4. The lowest BCUT2D eigenvalue weighted by molar-refractivity contribution is -0.120. The maximum atomic E-state index is 12.4. The molecule has 40 heavy (non-hydrogen) atoms. The molecular formula is C28H39N5O7. The van der Waals surface area contributed by atoms with E-state index in [0.717, 1.165) is 38.5 Å². The molecule has 1 saturated heterocycles. The van der Waals surface area contributed by atoms with E-state index in [1.807, 2.05) is 6.07 Å². The third-order valence-electron chi connectivity index (χ3n) is 6.75. The minimum Gasteiger partial charge on any atom is -0.459 e. The molecule has 0 unspecified atom stereocenters. The fourth-order valence-corrected chi connectivity index (χ4v) is 4.50. The van der Waals surface area contributed by atoms with Crippen molar-refractivity contribution in [2.75, 3.05) is 26.6 Å². The Labute approximate surface area is 233 Å². The summed E-state index contributed by atoms with van der Waals surface area (Å²) in [5, 5.41) is 3.54. The fraction of sp³-hybridized carbons (Fsp3) is 0.607. The van der Waals surface area contributed by atoms with Gasteiger partial charge in [0, 0.05) is 36.2 Å². The summed E-state index contributed by atoms with van der Waals surface area (Å²) >= 11 is 0. The van der Waals surface area contributed by atoms with Crippen molar-refractivity contribution in [1.29, 1.82) is 0 Å². The predicted octanol–water partition coefficient (Wildman–Crippen LogP) is 4.78. The first-order valence-electron chi connectivity index (χ1n) is 13.9. The summed E-state index contributed by atoms with van der Waals surface area (Å²) in [6.07, 6.45) is 8.68. The lowest BCUT2D eigenvalue weighted by Crippen LogP contribution is -2.33. The van der Waals surface area contributed by atoms with E-state index in [-0.39, 0.29) is 13.4 Å². The number of hydrogen-bond donors (Lipinski definition) is 1. The van der Waals surface area contributed by atoms with Crippen LogP contribution < -0.4 is 11.2 Å². The molecule has 2 heterocycles. The van der Waals surface area contributed by atoms with Crippen LogP contribution in [0, 0.1) is 6.92 Å². The molecule has 0 bridgehead atoms. The van der Waals surface area contributed by atoms with E-state index >= 15 is 0 Å². The lowest BCUT2D eigenvalue weighted by Gasteiger charge is -2.19. The summed E-state index contributed by atoms with van der Waals surface area (Å²) in [4.78, 5) is 41.7. The number of aromatic nitrogens is 2. The molecule has 0 amide bonds. The summed E-state index contributed by atoms with van der Waals surface area (Å²) in [6, 6.07) is 8.65. The minimum atomic E-state index is -0.687. The lowest BCUT2D eigenvalue weighted by atomic mass is 10.1. The van der Waals surface area contributed by atoms with Crippen molar-refractivity contribution >= 4 is 5.97 Å². The standard InChI is InChI=1S/C28H39N5O7/c1-21-18-33(28(36)31-26(21)34)25-17-23(24(40-25)19-38-27(35)22-13-9-8-10-14-22)39-20-37-16-12-7-5-3-2-4-6-11-15-30-32-29/h8-10,13-14,18,23-25H,2-7,11-12,15-17,19-20H2,1H3,(H,31,34,36)/t23-,24+,25+/m0/s1. The second kappa shape index (κ2) is 17.3. The van der Waals surface area contributed by atoms with Crippen molar-refractivity contribution in [2.45, 2.75) is 83.1 Å². The summed E-state index contributed by atoms with van der Waals surface area (Å²) in [7, 11) is 0. The average Bonchev–Trinajstić information content (AvgIpc) is 3.36. The molecule has 2 aromatic rings. The number of ether oxygens (including phenoxy) is 4. The zero-order valence-electron chi connectivity index (χ0n) is 23.0. The maximum Gasteiger partial charge on any atom is 0.338 e. The molecule has 1 aromatic carbocycles. The van der Waals surface area contributed by atoms with E-state index in [0.29, 0.717) is 30.7 Å². The molecule has 12 nitrogen and oxygen atoms in total. The van der Waals surface area contributed by atoms with Gasteiger partial charge in [0.25, 0.3) is 5.56 Å². The van der Waals surface area contributed by atoms with Gasteiger partial charge in [-0.25, -0.2) is 9.59 Å². The molecule has 0 radical (unpaired) electrons.